The Labute approximate surface area is 286 Å². The van der Waals surface area contributed by atoms with Crippen molar-refractivity contribution in [2.24, 2.45) is 0 Å². The summed E-state index contributed by atoms with van der Waals surface area (Å²) in [5.74, 6) is -0.732. The lowest BCUT2D eigenvalue weighted by Gasteiger charge is -2.35. The summed E-state index contributed by atoms with van der Waals surface area (Å²) >= 11 is 6.55. The Morgan fingerprint density at radius 3 is 2.11 bits per heavy atom. The van der Waals surface area contributed by atoms with Gasteiger partial charge in [0.05, 0.1) is 10.7 Å². The number of aryl methyl sites for hydroxylation is 3. The topological polar surface area (TPSA) is 87.7 Å². The smallest absolute Gasteiger partial charge is 0.408 e. The van der Waals surface area contributed by atoms with Gasteiger partial charge in [-0.25, -0.2) is 4.79 Å². The molecule has 0 fully saturated rings. The molecule has 47 heavy (non-hydrogen) atoms. The molecule has 2 atom stereocenters. The van der Waals surface area contributed by atoms with Gasteiger partial charge in [0.25, 0.3) is 5.91 Å². The van der Waals surface area contributed by atoms with Crippen molar-refractivity contribution in [2.75, 3.05) is 11.9 Å². The number of hydrogen-bond donors (Lipinski definition) is 2. The van der Waals surface area contributed by atoms with E-state index in [2.05, 4.69) is 17.6 Å². The van der Waals surface area contributed by atoms with Crippen molar-refractivity contribution in [3.05, 3.63) is 99.6 Å². The van der Waals surface area contributed by atoms with Gasteiger partial charge in [0, 0.05) is 13.0 Å². The second-order valence-corrected chi connectivity index (χ2v) is 13.8. The zero-order chi connectivity index (χ0) is 34.6. The number of hydrogen-bond acceptors (Lipinski definition) is 4. The number of amides is 3. The van der Waals surface area contributed by atoms with Crippen LogP contribution in [0.1, 0.15) is 100 Å². The fraction of sp³-hybridized carbons (Fsp3) is 0.462. The normalized spacial score (nSPS) is 12.6. The summed E-state index contributed by atoms with van der Waals surface area (Å²) < 4.78 is 5.59. The molecule has 7 nitrogen and oxygen atoms in total. The molecular weight excluding hydrogens is 610 g/mol. The summed E-state index contributed by atoms with van der Waals surface area (Å²) in [5.41, 5.74) is 4.09. The van der Waals surface area contributed by atoms with Crippen LogP contribution in [-0.4, -0.2) is 41.0 Å². The second-order valence-electron chi connectivity index (χ2n) is 13.4. The Kier molecular flexibility index (Phi) is 14.3. The Balaban J connectivity index is 2.11. The first-order valence-corrected chi connectivity index (χ1v) is 17.1. The summed E-state index contributed by atoms with van der Waals surface area (Å²) in [6, 6.07) is 19.0. The zero-order valence-electron chi connectivity index (χ0n) is 29.1. The molecule has 2 N–H and O–H groups in total. The molecule has 3 aromatic rings. The van der Waals surface area contributed by atoms with E-state index in [0.717, 1.165) is 54.4 Å². The van der Waals surface area contributed by atoms with Crippen molar-refractivity contribution >= 4 is 35.2 Å². The summed E-state index contributed by atoms with van der Waals surface area (Å²) in [6.45, 7) is 13.7. The molecule has 0 aliphatic carbocycles. The molecule has 0 spiro atoms. The first-order chi connectivity index (χ1) is 22.3. The summed E-state index contributed by atoms with van der Waals surface area (Å²) in [5, 5.41) is 6.32. The maximum absolute atomic E-state index is 14.8. The molecule has 2 unspecified atom stereocenters. The molecule has 0 aliphatic rings. The molecule has 254 valence electrons. The lowest BCUT2D eigenvalue weighted by atomic mass is 9.96. The number of carbonyl (C=O) groups is 3. The highest BCUT2D eigenvalue weighted by molar-refractivity contribution is 6.34. The van der Waals surface area contributed by atoms with Crippen LogP contribution in [0.3, 0.4) is 0 Å². The Morgan fingerprint density at radius 1 is 0.851 bits per heavy atom. The van der Waals surface area contributed by atoms with Gasteiger partial charge in [-0.1, -0.05) is 122 Å². The quantitative estimate of drug-likeness (QED) is 0.159. The van der Waals surface area contributed by atoms with Crippen LogP contribution >= 0.6 is 11.6 Å². The third-order valence-electron chi connectivity index (χ3n) is 7.90. The standard InChI is InChI=1S/C39H52ClN3O4/c1-8-9-10-11-12-16-22-43(37(45)33(26-30-19-14-13-15-20-30)41-38(46)47-39(5,6)7)35(31-24-27(2)23-28(3)25-31)36(44)42-34-29(4)18-17-21-32(34)40/h13-15,17-21,23-25,33,35H,8-12,16,22,26H2,1-7H3,(H,41,46)(H,42,44). The van der Waals surface area contributed by atoms with Crippen LogP contribution in [0.25, 0.3) is 0 Å². The SMILES string of the molecule is CCCCCCCCN(C(=O)C(Cc1ccccc1)NC(=O)OC(C)(C)C)C(C(=O)Nc1c(C)cccc1Cl)c1cc(C)cc(C)c1. The molecule has 0 aromatic heterocycles. The average Bonchev–Trinajstić information content (AvgIpc) is 2.98. The van der Waals surface area contributed by atoms with Crippen molar-refractivity contribution in [1.29, 1.82) is 0 Å². The Hall–Kier alpha value is -3.84. The van der Waals surface area contributed by atoms with E-state index >= 15 is 0 Å². The van der Waals surface area contributed by atoms with Crippen LogP contribution in [-0.2, 0) is 20.7 Å². The maximum atomic E-state index is 14.8. The number of benzene rings is 3. The van der Waals surface area contributed by atoms with Crippen LogP contribution in [0.15, 0.2) is 66.7 Å². The molecule has 3 amide bonds. The minimum absolute atomic E-state index is 0.233. The van der Waals surface area contributed by atoms with Crippen molar-refractivity contribution in [2.45, 2.75) is 111 Å². The van der Waals surface area contributed by atoms with Crippen molar-refractivity contribution in [3.8, 4) is 0 Å². The summed E-state index contributed by atoms with van der Waals surface area (Å²) in [6.07, 6.45) is 5.62. The predicted octanol–water partition coefficient (Wildman–Crippen LogP) is 9.27. The molecule has 0 saturated heterocycles. The van der Waals surface area contributed by atoms with E-state index < -0.39 is 23.8 Å². The fourth-order valence-corrected chi connectivity index (χ4v) is 6.02. The average molecular weight is 662 g/mol. The van der Waals surface area contributed by atoms with Crippen LogP contribution in [0.4, 0.5) is 10.5 Å². The third kappa shape index (κ3) is 12.0. The Bertz CT molecular complexity index is 1440. The highest BCUT2D eigenvalue weighted by atomic mass is 35.5. The number of halogens is 1. The van der Waals surface area contributed by atoms with Gasteiger partial charge in [0.1, 0.15) is 17.7 Å². The van der Waals surface area contributed by atoms with Gasteiger partial charge in [-0.2, -0.15) is 0 Å². The van der Waals surface area contributed by atoms with Crippen LogP contribution in [0.2, 0.25) is 5.02 Å². The Morgan fingerprint density at radius 2 is 1.49 bits per heavy atom. The minimum atomic E-state index is -0.980. The molecule has 0 aliphatic heterocycles. The van der Waals surface area contributed by atoms with Gasteiger partial charge in [-0.3, -0.25) is 9.59 Å². The number of alkyl carbamates (subject to hydrolysis) is 1. The highest BCUT2D eigenvalue weighted by Gasteiger charge is 2.37. The molecule has 0 saturated carbocycles. The predicted molar refractivity (Wildman–Crippen MR) is 192 cm³/mol. The van der Waals surface area contributed by atoms with Gasteiger partial charge in [-0.15, -0.1) is 0 Å². The fourth-order valence-electron chi connectivity index (χ4n) is 5.75. The lowest BCUT2D eigenvalue weighted by molar-refractivity contribution is -0.140. The summed E-state index contributed by atoms with van der Waals surface area (Å²) in [4.78, 5) is 44.1. The van der Waals surface area contributed by atoms with E-state index in [0.29, 0.717) is 29.2 Å². The monoisotopic (exact) mass is 661 g/mol. The van der Waals surface area contributed by atoms with Gasteiger partial charge in [-0.05, 0) is 70.7 Å². The van der Waals surface area contributed by atoms with Gasteiger partial charge < -0.3 is 20.3 Å². The number of para-hydroxylation sites is 1. The summed E-state index contributed by atoms with van der Waals surface area (Å²) in [7, 11) is 0. The van der Waals surface area contributed by atoms with Crippen molar-refractivity contribution in [1.82, 2.24) is 10.2 Å². The molecule has 0 radical (unpaired) electrons. The first kappa shape index (κ1) is 37.6. The number of anilines is 1. The van der Waals surface area contributed by atoms with E-state index in [9.17, 15) is 14.4 Å². The number of rotatable bonds is 15. The number of nitrogens with one attached hydrogen (secondary N) is 2. The second kappa shape index (κ2) is 17.9. The minimum Gasteiger partial charge on any atom is -0.444 e. The van der Waals surface area contributed by atoms with Crippen molar-refractivity contribution in [3.63, 3.8) is 0 Å². The highest BCUT2D eigenvalue weighted by Crippen LogP contribution is 2.31. The molecule has 3 aromatic carbocycles. The number of ether oxygens (including phenoxy) is 1. The van der Waals surface area contributed by atoms with E-state index in [4.69, 9.17) is 16.3 Å². The van der Waals surface area contributed by atoms with E-state index in [1.54, 1.807) is 31.7 Å². The van der Waals surface area contributed by atoms with E-state index in [-0.39, 0.29) is 18.2 Å². The number of carbonyl (C=O) groups excluding carboxylic acids is 3. The molecular formula is C39H52ClN3O4. The van der Waals surface area contributed by atoms with E-state index in [1.165, 1.54) is 0 Å². The van der Waals surface area contributed by atoms with Gasteiger partial charge in [0.2, 0.25) is 5.91 Å². The first-order valence-electron chi connectivity index (χ1n) is 16.8. The molecule has 8 heteroatoms. The zero-order valence-corrected chi connectivity index (χ0v) is 29.9. The molecule has 0 bridgehead atoms. The van der Waals surface area contributed by atoms with Gasteiger partial charge in [0.15, 0.2) is 0 Å². The number of unbranched alkanes of at least 4 members (excludes halogenated alkanes) is 5. The van der Waals surface area contributed by atoms with Crippen LogP contribution in [0.5, 0.6) is 0 Å². The number of nitrogens with zero attached hydrogens (tertiary/aromatic N) is 1. The lowest BCUT2D eigenvalue weighted by Crippen LogP contribution is -2.53. The molecule has 0 heterocycles. The van der Waals surface area contributed by atoms with Crippen LogP contribution in [0, 0.1) is 20.8 Å². The van der Waals surface area contributed by atoms with E-state index in [1.807, 2.05) is 81.4 Å². The largest absolute Gasteiger partial charge is 0.444 e. The third-order valence-corrected chi connectivity index (χ3v) is 8.21. The molecule has 3 rings (SSSR count). The maximum Gasteiger partial charge on any atom is 0.408 e. The van der Waals surface area contributed by atoms with Crippen LogP contribution < -0.4 is 10.6 Å². The van der Waals surface area contributed by atoms with Gasteiger partial charge >= 0.3 is 6.09 Å². The van der Waals surface area contributed by atoms with Crippen molar-refractivity contribution < 1.29 is 19.1 Å².